The second-order valence-electron chi connectivity index (χ2n) is 8.14. The average molecular weight is 495 g/mol. The highest BCUT2D eigenvalue weighted by Gasteiger charge is 2.56. The monoisotopic (exact) mass is 494 g/mol. The van der Waals surface area contributed by atoms with Crippen molar-refractivity contribution in [1.29, 1.82) is 0 Å². The van der Waals surface area contributed by atoms with Crippen LogP contribution in [0.5, 0.6) is 11.5 Å². The minimum absolute atomic E-state index is 0.0741. The third kappa shape index (κ3) is 4.91. The molecule has 0 heterocycles. The standard InChI is InChI=1S/C23H27FN2O7S/c1-3-32-21(28)22(2,26-23(20(27)25-29)14-4-5-15-23)34(30,31)19-12-10-18(11-13-19)33-17-8-6-16(24)7-9-17/h6-13,26,29H,3-5,14-15H2,1-2H3,(H,25,27). The molecule has 1 amide bonds. The summed E-state index contributed by atoms with van der Waals surface area (Å²) in [5, 5.41) is 12.0. The normalized spacial score (nSPS) is 16.9. The van der Waals surface area contributed by atoms with Gasteiger partial charge in [0.15, 0.2) is 0 Å². The molecular weight excluding hydrogens is 467 g/mol. The van der Waals surface area contributed by atoms with Crippen molar-refractivity contribution >= 4 is 21.7 Å². The Morgan fingerprint density at radius 3 is 2.09 bits per heavy atom. The van der Waals surface area contributed by atoms with E-state index in [0.29, 0.717) is 24.3 Å². The van der Waals surface area contributed by atoms with Crippen molar-refractivity contribution in [2.45, 2.75) is 54.8 Å². The minimum Gasteiger partial charge on any atom is -0.464 e. The van der Waals surface area contributed by atoms with Gasteiger partial charge in [-0.1, -0.05) is 12.8 Å². The number of amides is 1. The van der Waals surface area contributed by atoms with Crippen LogP contribution in [0.4, 0.5) is 4.39 Å². The zero-order valence-electron chi connectivity index (χ0n) is 18.8. The number of halogens is 1. The molecule has 1 unspecified atom stereocenters. The molecule has 1 atom stereocenters. The minimum atomic E-state index is -4.44. The smallest absolute Gasteiger partial charge is 0.342 e. The maximum absolute atomic E-state index is 13.7. The molecule has 0 aromatic heterocycles. The van der Waals surface area contributed by atoms with Gasteiger partial charge in [0.1, 0.15) is 22.9 Å². The van der Waals surface area contributed by atoms with Crippen molar-refractivity contribution in [1.82, 2.24) is 10.8 Å². The molecule has 3 N–H and O–H groups in total. The van der Waals surface area contributed by atoms with Crippen LogP contribution < -0.4 is 15.5 Å². The van der Waals surface area contributed by atoms with Gasteiger partial charge >= 0.3 is 5.97 Å². The molecule has 9 nitrogen and oxygen atoms in total. The summed E-state index contributed by atoms with van der Waals surface area (Å²) < 4.78 is 51.1. The number of carbonyl (C=O) groups is 2. The van der Waals surface area contributed by atoms with Crippen LogP contribution in [-0.2, 0) is 24.2 Å². The van der Waals surface area contributed by atoms with E-state index in [0.717, 1.165) is 6.92 Å². The number of ether oxygens (including phenoxy) is 2. The first kappa shape index (κ1) is 25.6. The maximum Gasteiger partial charge on any atom is 0.342 e. The molecule has 0 aliphatic heterocycles. The van der Waals surface area contributed by atoms with E-state index < -0.39 is 37.9 Å². The number of hydroxylamine groups is 1. The van der Waals surface area contributed by atoms with Gasteiger partial charge in [0, 0.05) is 0 Å². The molecule has 11 heteroatoms. The van der Waals surface area contributed by atoms with Gasteiger partial charge in [0.25, 0.3) is 5.91 Å². The summed E-state index contributed by atoms with van der Waals surface area (Å²) >= 11 is 0. The number of nitrogens with one attached hydrogen (secondary N) is 2. The van der Waals surface area contributed by atoms with E-state index in [4.69, 9.17) is 9.47 Å². The molecule has 1 fully saturated rings. The molecule has 1 aliphatic rings. The number of hydrogen-bond acceptors (Lipinski definition) is 8. The molecule has 3 rings (SSSR count). The van der Waals surface area contributed by atoms with Crippen LogP contribution in [0.1, 0.15) is 39.5 Å². The highest BCUT2D eigenvalue weighted by Crippen LogP contribution is 2.36. The molecule has 1 saturated carbocycles. The lowest BCUT2D eigenvalue weighted by Gasteiger charge is -2.37. The van der Waals surface area contributed by atoms with Crippen molar-refractivity contribution in [3.63, 3.8) is 0 Å². The Morgan fingerprint density at radius 1 is 1.06 bits per heavy atom. The first-order valence-electron chi connectivity index (χ1n) is 10.8. The molecule has 2 aromatic rings. The summed E-state index contributed by atoms with van der Waals surface area (Å²) in [4.78, 5) is 22.9. The zero-order valence-corrected chi connectivity index (χ0v) is 19.7. The number of esters is 1. The Bertz CT molecular complexity index is 1130. The fourth-order valence-electron chi connectivity index (χ4n) is 4.01. The molecule has 0 spiro atoms. The third-order valence-corrected chi connectivity index (χ3v) is 8.09. The molecule has 0 saturated heterocycles. The van der Waals surface area contributed by atoms with Crippen LogP contribution in [0.2, 0.25) is 0 Å². The zero-order chi connectivity index (χ0) is 25.0. The van der Waals surface area contributed by atoms with Crippen LogP contribution in [-0.4, -0.2) is 42.5 Å². The van der Waals surface area contributed by atoms with Crippen molar-refractivity contribution in [3.8, 4) is 11.5 Å². The lowest BCUT2D eigenvalue weighted by molar-refractivity contribution is -0.149. The van der Waals surface area contributed by atoms with Gasteiger partial charge in [-0.3, -0.25) is 15.3 Å². The Balaban J connectivity index is 1.95. The van der Waals surface area contributed by atoms with Gasteiger partial charge in [-0.2, -0.15) is 0 Å². The summed E-state index contributed by atoms with van der Waals surface area (Å²) in [5.74, 6) is -1.66. The highest BCUT2D eigenvalue weighted by atomic mass is 32.2. The van der Waals surface area contributed by atoms with Gasteiger partial charge in [-0.05, 0) is 75.2 Å². The van der Waals surface area contributed by atoms with Crippen LogP contribution >= 0.6 is 0 Å². The Labute approximate surface area is 197 Å². The Morgan fingerprint density at radius 2 is 1.59 bits per heavy atom. The fourth-order valence-corrected chi connectivity index (χ4v) is 5.58. The summed E-state index contributed by atoms with van der Waals surface area (Å²) in [6.07, 6.45) is 1.67. The lowest BCUT2D eigenvalue weighted by atomic mass is 9.95. The van der Waals surface area contributed by atoms with Crippen molar-refractivity contribution < 1.29 is 37.1 Å². The first-order valence-corrected chi connectivity index (χ1v) is 12.3. The maximum atomic E-state index is 13.7. The lowest BCUT2D eigenvalue weighted by Crippen LogP contribution is -2.67. The molecule has 34 heavy (non-hydrogen) atoms. The van der Waals surface area contributed by atoms with Crippen LogP contribution in [0.15, 0.2) is 53.4 Å². The third-order valence-electron chi connectivity index (χ3n) is 5.86. The Hall–Kier alpha value is -3.02. The molecular formula is C23H27FN2O7S. The quantitative estimate of drug-likeness (QED) is 0.275. The summed E-state index contributed by atoms with van der Waals surface area (Å²) in [7, 11) is -4.44. The van der Waals surface area contributed by atoms with E-state index in [2.05, 4.69) is 5.32 Å². The SMILES string of the molecule is CCOC(=O)C(C)(NC1(C(=O)NO)CCCC1)S(=O)(=O)c1ccc(Oc2ccc(F)cc2)cc1. The van der Waals surface area contributed by atoms with Crippen molar-refractivity contribution in [2.75, 3.05) is 6.61 Å². The fraction of sp³-hybridized carbons (Fsp3) is 0.391. The van der Waals surface area contributed by atoms with Gasteiger partial charge in [0.2, 0.25) is 14.7 Å². The number of benzene rings is 2. The van der Waals surface area contributed by atoms with E-state index in [1.165, 1.54) is 55.5 Å². The Kier molecular flexibility index (Phi) is 7.59. The van der Waals surface area contributed by atoms with Crippen LogP contribution in [0, 0.1) is 5.82 Å². The molecule has 0 radical (unpaired) electrons. The van der Waals surface area contributed by atoms with Crippen molar-refractivity contribution in [2.24, 2.45) is 0 Å². The van der Waals surface area contributed by atoms with Crippen molar-refractivity contribution in [3.05, 3.63) is 54.3 Å². The van der Waals surface area contributed by atoms with Gasteiger partial charge in [-0.25, -0.2) is 23.1 Å². The molecule has 184 valence electrons. The molecule has 2 aromatic carbocycles. The highest BCUT2D eigenvalue weighted by molar-refractivity contribution is 7.93. The first-order chi connectivity index (χ1) is 16.1. The van der Waals surface area contributed by atoms with E-state index in [1.807, 2.05) is 0 Å². The van der Waals surface area contributed by atoms with Crippen LogP contribution in [0.3, 0.4) is 0 Å². The average Bonchev–Trinajstić information content (AvgIpc) is 3.30. The second-order valence-corrected chi connectivity index (χ2v) is 10.4. The van der Waals surface area contributed by atoms with E-state index in [1.54, 1.807) is 5.48 Å². The number of hydrogen-bond donors (Lipinski definition) is 3. The van der Waals surface area contributed by atoms with Crippen LogP contribution in [0.25, 0.3) is 0 Å². The van der Waals surface area contributed by atoms with E-state index in [9.17, 15) is 27.6 Å². The molecule has 1 aliphatic carbocycles. The van der Waals surface area contributed by atoms with Gasteiger partial charge in [-0.15, -0.1) is 0 Å². The predicted molar refractivity (Wildman–Crippen MR) is 119 cm³/mol. The van der Waals surface area contributed by atoms with E-state index >= 15 is 0 Å². The predicted octanol–water partition coefficient (Wildman–Crippen LogP) is 3.08. The van der Waals surface area contributed by atoms with Gasteiger partial charge in [0.05, 0.1) is 11.5 Å². The topological polar surface area (TPSA) is 131 Å². The second kappa shape index (κ2) is 10.1. The van der Waals surface area contributed by atoms with Gasteiger partial charge < -0.3 is 9.47 Å². The molecule has 0 bridgehead atoms. The number of rotatable bonds is 9. The summed E-state index contributed by atoms with van der Waals surface area (Å²) in [6, 6.07) is 10.6. The number of carbonyl (C=O) groups excluding carboxylic acids is 2. The summed E-state index contributed by atoms with van der Waals surface area (Å²) in [6.45, 7) is 2.61. The number of sulfone groups is 1. The summed E-state index contributed by atoms with van der Waals surface area (Å²) in [5.41, 5.74) is 0.115. The van der Waals surface area contributed by atoms with E-state index in [-0.39, 0.29) is 24.3 Å². The largest absolute Gasteiger partial charge is 0.464 e.